The van der Waals surface area contributed by atoms with Crippen molar-refractivity contribution >= 4 is 41.0 Å². The Balaban J connectivity index is 2.27. The normalized spacial score (nSPS) is 10.5. The summed E-state index contributed by atoms with van der Waals surface area (Å²) in [5, 5.41) is 0.849. The predicted molar refractivity (Wildman–Crippen MR) is 68.1 cm³/mol. The first kappa shape index (κ1) is 12.5. The van der Waals surface area contributed by atoms with Crippen molar-refractivity contribution in [3.05, 3.63) is 27.5 Å². The van der Waals surface area contributed by atoms with E-state index in [1.54, 1.807) is 0 Å². The van der Waals surface area contributed by atoms with Crippen LogP contribution in [0.4, 0.5) is 0 Å². The van der Waals surface area contributed by atoms with Crippen molar-refractivity contribution in [2.75, 3.05) is 0 Å². The van der Waals surface area contributed by atoms with Gasteiger partial charge in [-0.3, -0.25) is 4.79 Å². The summed E-state index contributed by atoms with van der Waals surface area (Å²) in [5.41, 5.74) is 1.80. The van der Waals surface area contributed by atoms with Gasteiger partial charge in [0.25, 0.3) is 0 Å². The summed E-state index contributed by atoms with van der Waals surface area (Å²) in [6.45, 7) is 3.81. The minimum absolute atomic E-state index is 0.233. The van der Waals surface area contributed by atoms with Crippen molar-refractivity contribution in [3.63, 3.8) is 0 Å². The second-order valence-corrected chi connectivity index (χ2v) is 5.89. The Morgan fingerprint density at radius 2 is 1.94 bits per heavy atom. The van der Waals surface area contributed by atoms with Crippen LogP contribution in [0.1, 0.15) is 21.1 Å². The molecular weight excluding hydrogens is 278 g/mol. The van der Waals surface area contributed by atoms with Crippen molar-refractivity contribution in [1.82, 2.24) is 15.0 Å². The molecule has 0 fully saturated rings. The van der Waals surface area contributed by atoms with Gasteiger partial charge in [0.05, 0.1) is 0 Å². The number of rotatable bonds is 3. The second kappa shape index (κ2) is 5.12. The molecule has 17 heavy (non-hydrogen) atoms. The first-order chi connectivity index (χ1) is 8.08. The zero-order valence-corrected chi connectivity index (χ0v) is 11.5. The summed E-state index contributed by atoms with van der Waals surface area (Å²) in [6.07, 6.45) is 0.701. The monoisotopic (exact) mass is 285 g/mol. The molecule has 4 nitrogen and oxygen atoms in total. The third-order valence-electron chi connectivity index (χ3n) is 1.84. The molecular formula is C10H8ClN3OS2. The van der Waals surface area contributed by atoms with E-state index < -0.39 is 0 Å². The van der Waals surface area contributed by atoms with E-state index in [4.69, 9.17) is 11.6 Å². The van der Waals surface area contributed by atoms with Crippen LogP contribution in [0.15, 0.2) is 15.6 Å². The molecule has 7 heteroatoms. The molecule has 0 amide bonds. The van der Waals surface area contributed by atoms with Crippen molar-refractivity contribution in [1.29, 1.82) is 0 Å². The third-order valence-corrected chi connectivity index (χ3v) is 4.14. The molecule has 0 aliphatic heterocycles. The molecule has 0 saturated heterocycles. The van der Waals surface area contributed by atoms with Gasteiger partial charge in [-0.05, 0) is 31.7 Å². The molecule has 88 valence electrons. The number of aldehydes is 1. The zero-order chi connectivity index (χ0) is 12.4. The Labute approximate surface area is 111 Å². The number of aromatic nitrogens is 3. The van der Waals surface area contributed by atoms with Crippen LogP contribution in [0.5, 0.6) is 0 Å². The van der Waals surface area contributed by atoms with Gasteiger partial charge in [-0.1, -0.05) is 11.6 Å². The lowest BCUT2D eigenvalue weighted by atomic mass is 10.4. The average Bonchev–Trinajstić information content (AvgIpc) is 2.57. The molecule has 0 spiro atoms. The summed E-state index contributed by atoms with van der Waals surface area (Å²) < 4.78 is 0.669. The minimum Gasteiger partial charge on any atom is -0.297 e. The van der Waals surface area contributed by atoms with Crippen LogP contribution in [-0.4, -0.2) is 21.2 Å². The van der Waals surface area contributed by atoms with Crippen LogP contribution >= 0.6 is 34.7 Å². The fraction of sp³-hybridized carbons (Fsp3) is 0.200. The highest BCUT2D eigenvalue weighted by molar-refractivity contribution is 8.00. The lowest BCUT2D eigenvalue weighted by Crippen LogP contribution is -1.92. The van der Waals surface area contributed by atoms with Gasteiger partial charge in [0.2, 0.25) is 0 Å². The Morgan fingerprint density at radius 3 is 2.47 bits per heavy atom. The topological polar surface area (TPSA) is 55.7 Å². The van der Waals surface area contributed by atoms with Gasteiger partial charge < -0.3 is 0 Å². The van der Waals surface area contributed by atoms with Crippen molar-refractivity contribution in [3.8, 4) is 0 Å². The highest BCUT2D eigenvalue weighted by atomic mass is 35.5. The number of hydrogen-bond acceptors (Lipinski definition) is 6. The molecule has 0 radical (unpaired) electrons. The third kappa shape index (κ3) is 3.02. The van der Waals surface area contributed by atoms with Crippen molar-refractivity contribution < 1.29 is 4.79 Å². The molecule has 0 N–H and O–H groups in total. The molecule has 0 saturated carbocycles. The summed E-state index contributed by atoms with van der Waals surface area (Å²) in [6, 6.07) is 1.90. The highest BCUT2D eigenvalue weighted by Gasteiger charge is 2.11. The van der Waals surface area contributed by atoms with Crippen LogP contribution in [0.2, 0.25) is 5.15 Å². The number of nitrogens with zero attached hydrogens (tertiary/aromatic N) is 3. The fourth-order valence-electron chi connectivity index (χ4n) is 1.23. The Bertz CT molecular complexity index is 550. The van der Waals surface area contributed by atoms with Crippen LogP contribution in [0, 0.1) is 13.8 Å². The lowest BCUT2D eigenvalue weighted by molar-refractivity contribution is 0.112. The molecule has 0 aliphatic carbocycles. The Hall–Kier alpha value is -0.980. The molecule has 0 unspecified atom stereocenters. The Kier molecular flexibility index (Phi) is 3.76. The van der Waals surface area contributed by atoms with Gasteiger partial charge in [-0.2, -0.15) is 0 Å². The summed E-state index contributed by atoms with van der Waals surface area (Å²) in [5.74, 6) is 0. The number of aryl methyl sites for hydroxylation is 2. The van der Waals surface area contributed by atoms with Gasteiger partial charge in [-0.15, -0.1) is 11.3 Å². The molecule has 2 heterocycles. The number of carbonyl (C=O) groups excluding carboxylic acids is 1. The molecule has 0 atom stereocenters. The van der Waals surface area contributed by atoms with E-state index in [0.29, 0.717) is 20.7 Å². The van der Waals surface area contributed by atoms with Gasteiger partial charge in [0, 0.05) is 11.4 Å². The molecule has 2 aromatic heterocycles. The highest BCUT2D eigenvalue weighted by Crippen LogP contribution is 2.32. The quantitative estimate of drug-likeness (QED) is 0.640. The smallest absolute Gasteiger partial charge is 0.195 e. The molecule has 0 aromatic carbocycles. The van der Waals surface area contributed by atoms with E-state index in [0.717, 1.165) is 11.4 Å². The van der Waals surface area contributed by atoms with E-state index in [-0.39, 0.29) is 5.15 Å². The van der Waals surface area contributed by atoms with E-state index in [1.807, 2.05) is 19.9 Å². The molecule has 0 bridgehead atoms. The first-order valence-corrected chi connectivity index (χ1v) is 6.71. The SMILES string of the molecule is Cc1cc(C)nc(Sc2nc(Cl)c(C=O)s2)n1. The average molecular weight is 286 g/mol. The fourth-order valence-corrected chi connectivity index (χ4v) is 3.41. The van der Waals surface area contributed by atoms with Crippen LogP contribution < -0.4 is 0 Å². The standard InChI is InChI=1S/C10H8ClN3OS2/c1-5-3-6(2)13-9(12-5)17-10-14-8(11)7(4-15)16-10/h3-4H,1-2H3. The largest absolute Gasteiger partial charge is 0.297 e. The molecule has 2 rings (SSSR count). The van der Waals surface area contributed by atoms with Crippen LogP contribution in [0.25, 0.3) is 0 Å². The van der Waals surface area contributed by atoms with Gasteiger partial charge in [0.15, 0.2) is 20.9 Å². The summed E-state index contributed by atoms with van der Waals surface area (Å²) >= 11 is 8.33. The summed E-state index contributed by atoms with van der Waals surface area (Å²) in [4.78, 5) is 23.7. The summed E-state index contributed by atoms with van der Waals surface area (Å²) in [7, 11) is 0. The minimum atomic E-state index is 0.233. The number of carbonyl (C=O) groups is 1. The van der Waals surface area contributed by atoms with Gasteiger partial charge >= 0.3 is 0 Å². The van der Waals surface area contributed by atoms with Crippen LogP contribution in [-0.2, 0) is 0 Å². The number of thiazole rings is 1. The molecule has 0 aliphatic rings. The Morgan fingerprint density at radius 1 is 1.29 bits per heavy atom. The maximum Gasteiger partial charge on any atom is 0.195 e. The van der Waals surface area contributed by atoms with Crippen LogP contribution in [0.3, 0.4) is 0 Å². The van der Waals surface area contributed by atoms with E-state index in [1.165, 1.54) is 23.1 Å². The lowest BCUT2D eigenvalue weighted by Gasteiger charge is -1.99. The number of hydrogen-bond donors (Lipinski definition) is 0. The maximum absolute atomic E-state index is 10.6. The van der Waals surface area contributed by atoms with Gasteiger partial charge in [-0.25, -0.2) is 15.0 Å². The first-order valence-electron chi connectivity index (χ1n) is 4.70. The second-order valence-electron chi connectivity index (χ2n) is 3.29. The van der Waals surface area contributed by atoms with E-state index in [9.17, 15) is 4.79 Å². The van der Waals surface area contributed by atoms with Crippen molar-refractivity contribution in [2.24, 2.45) is 0 Å². The predicted octanol–water partition coefficient (Wildman–Crippen LogP) is 3.17. The van der Waals surface area contributed by atoms with Crippen molar-refractivity contribution in [2.45, 2.75) is 23.3 Å². The molecule has 2 aromatic rings. The van der Waals surface area contributed by atoms with E-state index >= 15 is 0 Å². The number of halogens is 1. The van der Waals surface area contributed by atoms with E-state index in [2.05, 4.69) is 15.0 Å². The van der Waals surface area contributed by atoms with Gasteiger partial charge in [0.1, 0.15) is 4.88 Å². The zero-order valence-electron chi connectivity index (χ0n) is 9.10. The maximum atomic E-state index is 10.6.